The number of sulfone groups is 4. The topological polar surface area (TPSA) is 286 Å². The fourth-order valence-corrected chi connectivity index (χ4v) is 8.42. The van der Waals surface area contributed by atoms with Crippen LogP contribution in [0.1, 0.15) is 41.4 Å². The molecule has 2 aromatic rings. The van der Waals surface area contributed by atoms with Gasteiger partial charge in [-0.25, -0.2) is 52.8 Å². The van der Waals surface area contributed by atoms with Crippen LogP contribution < -0.4 is 0 Å². The Morgan fingerprint density at radius 2 is 0.615 bits per heavy atom. The molecule has 0 saturated heterocycles. The van der Waals surface area contributed by atoms with Crippen molar-refractivity contribution < 1.29 is 126 Å². The second-order valence-corrected chi connectivity index (χ2v) is 16.6. The number of hydrogen-bond acceptors (Lipinski definition) is 12. The van der Waals surface area contributed by atoms with E-state index in [1.165, 1.54) is 0 Å². The molecule has 0 atom stereocenters. The van der Waals surface area contributed by atoms with Gasteiger partial charge in [-0.3, -0.25) is 0 Å². The Labute approximate surface area is 276 Å². The molecule has 0 spiro atoms. The van der Waals surface area contributed by atoms with Crippen LogP contribution in [-0.2, 0) is 39.3 Å². The van der Waals surface area contributed by atoms with Crippen LogP contribution in [0, 0.1) is 0 Å². The van der Waals surface area contributed by atoms with Crippen LogP contribution in [-0.4, -0.2) is 100 Å². The molecule has 2 rings (SSSR count). The fourth-order valence-electron chi connectivity index (χ4n) is 3.95. The molecule has 0 aromatic heterocycles. The molecule has 52 heavy (non-hydrogen) atoms. The number of benzene rings is 2. The third-order valence-electron chi connectivity index (χ3n) is 5.96. The smallest absolute Gasteiger partial charge is 0.478 e. The highest BCUT2D eigenvalue weighted by Gasteiger charge is 2.59. The largest absolute Gasteiger partial charge is 0.501 e. The standard InChI is InChI=1S/C20H6F12O16S4/c21-17(22,23)49(41,42)5-1-3(13(33)34)7(15(37)38)11(51(45,46)19(27,28)29)9(5)10-6(50(43,44)18(24,25)26)2-4(14(35)36)8(16(39)40)12(10)52(47,48)20(30,31)32/h1-2H,(H,33,34)(H,35,36)(H,37,38)(H,39,40). The zero-order valence-electron chi connectivity index (χ0n) is 23.0. The third-order valence-corrected chi connectivity index (χ3v) is 12.1. The fraction of sp³-hybridized carbons (Fsp3) is 0.200. The Balaban J connectivity index is 4.25. The summed E-state index contributed by atoms with van der Waals surface area (Å²) in [7, 11) is -33.0. The van der Waals surface area contributed by atoms with Crippen LogP contribution in [0.5, 0.6) is 0 Å². The van der Waals surface area contributed by atoms with Gasteiger partial charge < -0.3 is 20.4 Å². The second kappa shape index (κ2) is 12.5. The Hall–Kier alpha value is -4.72. The lowest BCUT2D eigenvalue weighted by Gasteiger charge is -2.26. The van der Waals surface area contributed by atoms with Gasteiger partial charge in [0.1, 0.15) is 9.79 Å². The minimum Gasteiger partial charge on any atom is -0.478 e. The molecule has 32 heteroatoms. The lowest BCUT2D eigenvalue weighted by molar-refractivity contribution is -0.0447. The summed E-state index contributed by atoms with van der Waals surface area (Å²) in [6, 6.07) is -2.84. The maximum absolute atomic E-state index is 14.0. The number of halogens is 12. The summed E-state index contributed by atoms with van der Waals surface area (Å²) in [5, 5.41) is 37.6. The summed E-state index contributed by atoms with van der Waals surface area (Å²) in [6.07, 6.45) is 0. The van der Waals surface area contributed by atoms with Gasteiger partial charge in [-0.05, 0) is 12.1 Å². The van der Waals surface area contributed by atoms with Crippen molar-refractivity contribution >= 4 is 63.2 Å². The summed E-state index contributed by atoms with van der Waals surface area (Å²) in [4.78, 5) is 32.0. The highest BCUT2D eigenvalue weighted by molar-refractivity contribution is 7.94. The average molecular weight is 858 g/mol. The average Bonchev–Trinajstić information content (AvgIpc) is 2.91. The first-order valence-corrected chi connectivity index (χ1v) is 17.3. The molecule has 0 aliphatic heterocycles. The van der Waals surface area contributed by atoms with Crippen molar-refractivity contribution in [1.29, 1.82) is 0 Å². The monoisotopic (exact) mass is 858 g/mol. The maximum atomic E-state index is 14.0. The highest BCUT2D eigenvalue weighted by atomic mass is 32.2. The van der Waals surface area contributed by atoms with E-state index in [2.05, 4.69) is 0 Å². The van der Waals surface area contributed by atoms with Crippen LogP contribution in [0.3, 0.4) is 0 Å². The van der Waals surface area contributed by atoms with Crippen molar-refractivity contribution in [2.75, 3.05) is 0 Å². The lowest BCUT2D eigenvalue weighted by Crippen LogP contribution is -2.33. The van der Waals surface area contributed by atoms with E-state index in [1.54, 1.807) is 0 Å². The predicted octanol–water partition coefficient (Wildman–Crippen LogP) is 3.32. The number of rotatable bonds is 9. The van der Waals surface area contributed by atoms with Gasteiger partial charge in [-0.15, -0.1) is 0 Å². The molecule has 290 valence electrons. The molecule has 0 radical (unpaired) electrons. The molecule has 0 saturated carbocycles. The first kappa shape index (κ1) is 43.4. The maximum Gasteiger partial charge on any atom is 0.501 e. The molecule has 0 amide bonds. The van der Waals surface area contributed by atoms with Crippen molar-refractivity contribution in [1.82, 2.24) is 0 Å². The zero-order chi connectivity index (χ0) is 41.5. The van der Waals surface area contributed by atoms with Crippen molar-refractivity contribution in [2.45, 2.75) is 41.6 Å². The molecule has 2 aromatic carbocycles. The number of carboxylic acid groups (broad SMARTS) is 4. The highest BCUT2D eigenvalue weighted by Crippen LogP contribution is 2.53. The van der Waals surface area contributed by atoms with Gasteiger partial charge in [0.15, 0.2) is 0 Å². The minimum absolute atomic E-state index is 1.42. The molecule has 0 aliphatic carbocycles. The Morgan fingerprint density at radius 3 is 0.769 bits per heavy atom. The van der Waals surface area contributed by atoms with Crippen LogP contribution in [0.2, 0.25) is 0 Å². The number of carboxylic acids is 4. The minimum atomic E-state index is -8.36. The quantitative estimate of drug-likeness (QED) is 0.263. The Morgan fingerprint density at radius 1 is 0.404 bits per heavy atom. The molecule has 16 nitrogen and oxygen atoms in total. The number of aromatic carboxylic acids is 4. The van der Waals surface area contributed by atoms with Crippen molar-refractivity contribution in [3.63, 3.8) is 0 Å². The van der Waals surface area contributed by atoms with Crippen molar-refractivity contribution in [3.05, 3.63) is 34.4 Å². The van der Waals surface area contributed by atoms with E-state index in [0.29, 0.717) is 0 Å². The van der Waals surface area contributed by atoms with Gasteiger partial charge in [0.25, 0.3) is 39.3 Å². The van der Waals surface area contributed by atoms with Crippen LogP contribution >= 0.6 is 0 Å². The van der Waals surface area contributed by atoms with Crippen LogP contribution in [0.25, 0.3) is 11.1 Å². The molecule has 0 heterocycles. The number of carbonyl (C=O) groups is 4. The van der Waals surface area contributed by atoms with Crippen molar-refractivity contribution in [2.24, 2.45) is 0 Å². The molecule has 0 fully saturated rings. The molecule has 4 N–H and O–H groups in total. The normalized spacial score (nSPS) is 13.8. The summed E-state index contributed by atoms with van der Waals surface area (Å²) in [5.41, 5.74) is -49.4. The Bertz CT molecular complexity index is 2230. The summed E-state index contributed by atoms with van der Waals surface area (Å²) < 4.78 is 269. The van der Waals surface area contributed by atoms with E-state index >= 15 is 0 Å². The van der Waals surface area contributed by atoms with E-state index in [9.17, 15) is 126 Å². The van der Waals surface area contributed by atoms with Gasteiger partial charge >= 0.3 is 45.9 Å². The first-order chi connectivity index (χ1) is 22.7. The van der Waals surface area contributed by atoms with E-state index in [-0.39, 0.29) is 0 Å². The van der Waals surface area contributed by atoms with Crippen LogP contribution in [0.15, 0.2) is 31.7 Å². The number of alkyl halides is 12. The van der Waals surface area contributed by atoms with Gasteiger partial charge in [0.05, 0.1) is 32.0 Å². The molecule has 0 aliphatic rings. The van der Waals surface area contributed by atoms with E-state index in [4.69, 9.17) is 0 Å². The molecular formula is C20H6F12O16S4. The van der Waals surface area contributed by atoms with E-state index in [0.717, 1.165) is 0 Å². The van der Waals surface area contributed by atoms with Gasteiger partial charge in [0.2, 0.25) is 0 Å². The summed E-state index contributed by atoms with van der Waals surface area (Å²) >= 11 is 0. The lowest BCUT2D eigenvalue weighted by atomic mass is 9.94. The van der Waals surface area contributed by atoms with Gasteiger partial charge in [-0.1, -0.05) is 0 Å². The van der Waals surface area contributed by atoms with Crippen molar-refractivity contribution in [3.8, 4) is 11.1 Å². The van der Waals surface area contributed by atoms with E-state index in [1.807, 2.05) is 0 Å². The second-order valence-electron chi connectivity index (χ2n) is 9.02. The molecule has 0 unspecified atom stereocenters. The van der Waals surface area contributed by atoms with Crippen LogP contribution in [0.4, 0.5) is 52.7 Å². The summed E-state index contributed by atoms with van der Waals surface area (Å²) in [6.45, 7) is 0. The first-order valence-electron chi connectivity index (χ1n) is 11.3. The van der Waals surface area contributed by atoms with E-state index < -0.39 is 150 Å². The third kappa shape index (κ3) is 6.68. The van der Waals surface area contributed by atoms with Gasteiger partial charge in [-0.2, -0.15) is 52.7 Å². The SMILES string of the molecule is O=C(O)c1cc(S(=O)(=O)C(F)(F)F)c(-c2c(S(=O)(=O)C(F)(F)F)cc(C(=O)O)c(C(=O)O)c2S(=O)(=O)C(F)(F)F)c(S(=O)(=O)C(F)(F)F)c1C(=O)O. The molecule has 0 bridgehead atoms. The number of hydrogen-bond donors (Lipinski definition) is 4. The zero-order valence-corrected chi connectivity index (χ0v) is 26.3. The predicted molar refractivity (Wildman–Crippen MR) is 133 cm³/mol. The Kier molecular flexibility index (Phi) is 10.4. The molecular weight excluding hydrogens is 852 g/mol. The summed E-state index contributed by atoms with van der Waals surface area (Å²) in [5.74, 6) is -13.5. The van der Waals surface area contributed by atoms with Gasteiger partial charge in [0, 0.05) is 11.1 Å².